The van der Waals surface area contributed by atoms with Crippen LogP contribution in [0.2, 0.25) is 0 Å². The molecule has 1 fully saturated rings. The predicted molar refractivity (Wildman–Crippen MR) is 92.6 cm³/mol. The van der Waals surface area contributed by atoms with Crippen molar-refractivity contribution in [2.45, 2.75) is 29.1 Å². The second-order valence-corrected chi connectivity index (χ2v) is 6.47. The molecule has 2 aromatic rings. The van der Waals surface area contributed by atoms with E-state index in [2.05, 4.69) is 10.3 Å². The Bertz CT molecular complexity index is 789. The van der Waals surface area contributed by atoms with Crippen molar-refractivity contribution < 1.29 is 13.9 Å². The third-order valence-electron chi connectivity index (χ3n) is 3.61. The van der Waals surface area contributed by atoms with Crippen molar-refractivity contribution in [2.75, 3.05) is 13.2 Å². The summed E-state index contributed by atoms with van der Waals surface area (Å²) >= 11 is 1.37. The standard InChI is InChI=1S/C18H17N3O3S/c19-11-13(18(22)21-12-15-4-3-9-23-15)10-14-6-7-17(24-14)25-16-5-1-2-8-20-16/h1-2,5-8,10,15H,3-4,9,12H2,(H,21,22)/b13-10+/t15-/m0/s1. The van der Waals surface area contributed by atoms with Gasteiger partial charge in [0, 0.05) is 25.4 Å². The lowest BCUT2D eigenvalue weighted by molar-refractivity contribution is -0.117. The van der Waals surface area contributed by atoms with Crippen LogP contribution in [0, 0.1) is 11.3 Å². The fourth-order valence-corrected chi connectivity index (χ4v) is 3.12. The Morgan fingerprint density at radius 2 is 2.36 bits per heavy atom. The number of pyridine rings is 1. The minimum absolute atomic E-state index is 0.00160. The van der Waals surface area contributed by atoms with Crippen LogP contribution in [0.25, 0.3) is 6.08 Å². The number of nitrogens with zero attached hydrogens (tertiary/aromatic N) is 2. The van der Waals surface area contributed by atoms with E-state index in [1.807, 2.05) is 24.3 Å². The first-order chi connectivity index (χ1) is 12.2. The van der Waals surface area contributed by atoms with Gasteiger partial charge in [-0.1, -0.05) is 6.07 Å². The van der Waals surface area contributed by atoms with Crippen LogP contribution in [0.3, 0.4) is 0 Å². The fourth-order valence-electron chi connectivity index (χ4n) is 2.38. The van der Waals surface area contributed by atoms with Crippen molar-refractivity contribution in [1.82, 2.24) is 10.3 Å². The van der Waals surface area contributed by atoms with E-state index in [4.69, 9.17) is 9.15 Å². The van der Waals surface area contributed by atoms with Crippen LogP contribution < -0.4 is 5.32 Å². The van der Waals surface area contributed by atoms with Crippen LogP contribution in [0.4, 0.5) is 0 Å². The quantitative estimate of drug-likeness (QED) is 0.633. The first-order valence-corrected chi connectivity index (χ1v) is 8.76. The van der Waals surface area contributed by atoms with Gasteiger partial charge in [-0.05, 0) is 48.9 Å². The zero-order valence-electron chi connectivity index (χ0n) is 13.5. The van der Waals surface area contributed by atoms with E-state index in [0.29, 0.717) is 17.4 Å². The minimum Gasteiger partial charge on any atom is -0.450 e. The van der Waals surface area contributed by atoms with E-state index >= 15 is 0 Å². The highest BCUT2D eigenvalue weighted by Crippen LogP contribution is 2.28. The maximum Gasteiger partial charge on any atom is 0.262 e. The molecule has 0 saturated carbocycles. The van der Waals surface area contributed by atoms with Gasteiger partial charge in [0.25, 0.3) is 5.91 Å². The van der Waals surface area contributed by atoms with Crippen LogP contribution in [-0.4, -0.2) is 30.1 Å². The molecular weight excluding hydrogens is 338 g/mol. The molecule has 0 unspecified atom stereocenters. The van der Waals surface area contributed by atoms with Crippen LogP contribution in [0.15, 0.2) is 56.6 Å². The number of hydrogen-bond donors (Lipinski definition) is 1. The van der Waals surface area contributed by atoms with Crippen molar-refractivity contribution in [1.29, 1.82) is 5.26 Å². The second-order valence-electron chi connectivity index (χ2n) is 5.44. The van der Waals surface area contributed by atoms with Gasteiger partial charge < -0.3 is 14.5 Å². The van der Waals surface area contributed by atoms with Crippen LogP contribution in [0.1, 0.15) is 18.6 Å². The van der Waals surface area contributed by atoms with Crippen molar-refractivity contribution >= 4 is 23.7 Å². The van der Waals surface area contributed by atoms with E-state index in [0.717, 1.165) is 24.5 Å². The molecule has 3 rings (SSSR count). The zero-order valence-corrected chi connectivity index (χ0v) is 14.3. The molecule has 128 valence electrons. The number of carbonyl (C=O) groups is 1. The van der Waals surface area contributed by atoms with Crippen LogP contribution in [-0.2, 0) is 9.53 Å². The van der Waals surface area contributed by atoms with Gasteiger partial charge in [0.15, 0.2) is 5.09 Å². The number of furan rings is 1. The third kappa shape index (κ3) is 4.95. The van der Waals surface area contributed by atoms with Gasteiger partial charge in [-0.15, -0.1) is 0 Å². The molecule has 0 bridgehead atoms. The minimum atomic E-state index is -0.423. The number of ether oxygens (including phenoxy) is 1. The topological polar surface area (TPSA) is 88.2 Å². The molecule has 1 N–H and O–H groups in total. The maximum absolute atomic E-state index is 12.1. The summed E-state index contributed by atoms with van der Waals surface area (Å²) in [6, 6.07) is 11.0. The molecule has 0 aliphatic carbocycles. The highest BCUT2D eigenvalue weighted by molar-refractivity contribution is 7.99. The van der Waals surface area contributed by atoms with E-state index < -0.39 is 5.91 Å². The summed E-state index contributed by atoms with van der Waals surface area (Å²) in [6.07, 6.45) is 5.11. The molecular formula is C18H17N3O3S. The smallest absolute Gasteiger partial charge is 0.262 e. The monoisotopic (exact) mass is 355 g/mol. The van der Waals surface area contributed by atoms with Gasteiger partial charge in [-0.3, -0.25) is 4.79 Å². The lowest BCUT2D eigenvalue weighted by Gasteiger charge is -2.09. The summed E-state index contributed by atoms with van der Waals surface area (Å²) in [4.78, 5) is 16.3. The van der Waals surface area contributed by atoms with Gasteiger partial charge in [-0.2, -0.15) is 5.26 Å². The predicted octanol–water partition coefficient (Wildman–Crippen LogP) is 3.03. The molecule has 1 saturated heterocycles. The Morgan fingerprint density at radius 1 is 1.44 bits per heavy atom. The molecule has 0 radical (unpaired) electrons. The molecule has 1 aliphatic heterocycles. The Kier molecular flexibility index (Phi) is 5.88. The molecule has 25 heavy (non-hydrogen) atoms. The number of amides is 1. The maximum atomic E-state index is 12.1. The number of hydrogen-bond acceptors (Lipinski definition) is 6. The normalized spacial score (nSPS) is 17.2. The average molecular weight is 355 g/mol. The highest BCUT2D eigenvalue weighted by atomic mass is 32.2. The van der Waals surface area contributed by atoms with E-state index in [1.54, 1.807) is 18.3 Å². The van der Waals surface area contributed by atoms with Gasteiger partial charge >= 0.3 is 0 Å². The van der Waals surface area contributed by atoms with Crippen LogP contribution in [0.5, 0.6) is 0 Å². The van der Waals surface area contributed by atoms with E-state index in [-0.39, 0.29) is 11.7 Å². The summed E-state index contributed by atoms with van der Waals surface area (Å²) < 4.78 is 11.1. The first kappa shape index (κ1) is 17.3. The highest BCUT2D eigenvalue weighted by Gasteiger charge is 2.18. The van der Waals surface area contributed by atoms with Crippen LogP contribution >= 0.6 is 11.8 Å². The van der Waals surface area contributed by atoms with E-state index in [9.17, 15) is 10.1 Å². The summed E-state index contributed by atoms with van der Waals surface area (Å²) in [6.45, 7) is 1.14. The first-order valence-electron chi connectivity index (χ1n) is 7.95. The molecule has 2 aromatic heterocycles. The molecule has 3 heterocycles. The number of aromatic nitrogens is 1. The lowest BCUT2D eigenvalue weighted by Crippen LogP contribution is -2.32. The number of nitrogens with one attached hydrogen (secondary N) is 1. The second kappa shape index (κ2) is 8.51. The van der Waals surface area contributed by atoms with Gasteiger partial charge in [0.1, 0.15) is 22.4 Å². The van der Waals surface area contributed by atoms with E-state index in [1.165, 1.54) is 17.8 Å². The van der Waals surface area contributed by atoms with Crippen molar-refractivity contribution in [2.24, 2.45) is 0 Å². The molecule has 0 spiro atoms. The van der Waals surface area contributed by atoms with Crippen molar-refractivity contribution in [3.63, 3.8) is 0 Å². The largest absolute Gasteiger partial charge is 0.450 e. The van der Waals surface area contributed by atoms with Crippen molar-refractivity contribution in [3.05, 3.63) is 47.9 Å². The SMILES string of the molecule is N#C/C(=C\c1ccc(Sc2ccccn2)o1)C(=O)NC[C@@H]1CCCO1. The van der Waals surface area contributed by atoms with Gasteiger partial charge in [0.2, 0.25) is 0 Å². The molecule has 1 atom stereocenters. The van der Waals surface area contributed by atoms with Crippen molar-refractivity contribution in [3.8, 4) is 6.07 Å². The Balaban J connectivity index is 1.61. The Hall–Kier alpha value is -2.56. The fraction of sp³-hybridized carbons (Fsp3) is 0.278. The third-order valence-corrected chi connectivity index (χ3v) is 4.48. The zero-order chi connectivity index (χ0) is 17.5. The van der Waals surface area contributed by atoms with Gasteiger partial charge in [0.05, 0.1) is 6.10 Å². The Morgan fingerprint density at radius 3 is 3.08 bits per heavy atom. The number of nitriles is 1. The summed E-state index contributed by atoms with van der Waals surface area (Å²) in [5.41, 5.74) is 0.00160. The number of rotatable bonds is 6. The van der Waals surface area contributed by atoms with Gasteiger partial charge in [-0.25, -0.2) is 4.98 Å². The lowest BCUT2D eigenvalue weighted by atomic mass is 10.2. The number of carbonyl (C=O) groups excluding carboxylic acids is 1. The summed E-state index contributed by atoms with van der Waals surface area (Å²) in [7, 11) is 0. The summed E-state index contributed by atoms with van der Waals surface area (Å²) in [5.74, 6) is 0.0237. The Labute approximate surface area is 149 Å². The molecule has 1 aliphatic rings. The average Bonchev–Trinajstić information content (AvgIpc) is 3.30. The molecule has 1 amide bonds. The molecule has 0 aromatic carbocycles. The summed E-state index contributed by atoms with van der Waals surface area (Å²) in [5, 5.41) is 13.4. The molecule has 6 nitrogen and oxygen atoms in total. The molecule has 7 heteroatoms.